The van der Waals surface area contributed by atoms with Crippen molar-refractivity contribution in [2.24, 2.45) is 11.7 Å². The number of hydrogen-bond donors (Lipinski definition) is 1. The van der Waals surface area contributed by atoms with Crippen molar-refractivity contribution >= 4 is 11.8 Å². The highest BCUT2D eigenvalue weighted by Gasteiger charge is 2.15. The Hall–Kier alpha value is 0.0500. The Kier molecular flexibility index (Phi) is 4.02. The zero-order chi connectivity index (χ0) is 8.10. The van der Waals surface area contributed by atoms with Crippen LogP contribution in [-0.2, 0) is 0 Å². The van der Waals surface area contributed by atoms with Gasteiger partial charge >= 0.3 is 0 Å². The van der Waals surface area contributed by atoms with Crippen LogP contribution in [0, 0.1) is 5.92 Å². The molecule has 2 heteroatoms. The zero-order valence-corrected chi connectivity index (χ0v) is 7.83. The summed E-state index contributed by atoms with van der Waals surface area (Å²) in [5.74, 6) is 3.38. The molecule has 0 radical (unpaired) electrons. The topological polar surface area (TPSA) is 26.0 Å². The second kappa shape index (κ2) is 4.83. The van der Waals surface area contributed by atoms with Crippen molar-refractivity contribution in [2.45, 2.75) is 19.3 Å². The fraction of sp³-hybridized carbons (Fsp3) is 0.778. The maximum Gasteiger partial charge on any atom is -0.000187 e. The molecule has 0 saturated carbocycles. The van der Waals surface area contributed by atoms with Crippen molar-refractivity contribution in [3.8, 4) is 0 Å². The summed E-state index contributed by atoms with van der Waals surface area (Å²) >= 11 is 2.06. The van der Waals surface area contributed by atoms with Crippen LogP contribution in [0.25, 0.3) is 0 Å². The second-order valence-corrected chi connectivity index (χ2v) is 4.26. The molecule has 1 heterocycles. The molecular formula is C9H17NS. The summed E-state index contributed by atoms with van der Waals surface area (Å²) in [5.41, 5.74) is 6.84. The molecule has 1 nitrogen and oxygen atoms in total. The molecule has 0 bridgehead atoms. The minimum Gasteiger partial charge on any atom is -0.330 e. The first-order chi connectivity index (χ1) is 5.34. The highest BCUT2D eigenvalue weighted by Crippen LogP contribution is 2.28. The number of thioether (sulfide) groups is 1. The summed E-state index contributed by atoms with van der Waals surface area (Å²) < 4.78 is 0. The predicted octanol–water partition coefficient (Wildman–Crippen LogP) is 2.03. The minimum absolute atomic E-state index is 0.761. The van der Waals surface area contributed by atoms with E-state index in [1.807, 2.05) is 0 Å². The van der Waals surface area contributed by atoms with E-state index in [1.54, 1.807) is 0 Å². The van der Waals surface area contributed by atoms with Crippen molar-refractivity contribution in [3.63, 3.8) is 0 Å². The Morgan fingerprint density at radius 1 is 1.64 bits per heavy atom. The van der Waals surface area contributed by atoms with Gasteiger partial charge in [0.15, 0.2) is 0 Å². The average molecular weight is 171 g/mol. The van der Waals surface area contributed by atoms with Gasteiger partial charge in [-0.3, -0.25) is 0 Å². The molecule has 1 atom stereocenters. The van der Waals surface area contributed by atoms with E-state index in [-0.39, 0.29) is 0 Å². The van der Waals surface area contributed by atoms with Gasteiger partial charge in [0, 0.05) is 0 Å². The van der Waals surface area contributed by atoms with Crippen molar-refractivity contribution in [1.82, 2.24) is 0 Å². The van der Waals surface area contributed by atoms with E-state index in [2.05, 4.69) is 18.3 Å². The lowest BCUT2D eigenvalue weighted by Crippen LogP contribution is -2.14. The lowest BCUT2D eigenvalue weighted by atomic mass is 9.95. The largest absolute Gasteiger partial charge is 0.330 e. The van der Waals surface area contributed by atoms with E-state index in [4.69, 9.17) is 5.73 Å². The normalized spacial score (nSPS) is 25.0. The Balaban J connectivity index is 2.27. The van der Waals surface area contributed by atoms with Gasteiger partial charge in [-0.05, 0) is 43.2 Å². The molecule has 0 amide bonds. The highest BCUT2D eigenvalue weighted by molar-refractivity contribution is 7.99. The first kappa shape index (κ1) is 9.14. The lowest BCUT2D eigenvalue weighted by Gasteiger charge is -2.22. The van der Waals surface area contributed by atoms with Gasteiger partial charge in [-0.15, -0.1) is 0 Å². The maximum atomic E-state index is 5.47. The van der Waals surface area contributed by atoms with Crippen LogP contribution in [0.4, 0.5) is 0 Å². The molecule has 0 aromatic heterocycles. The van der Waals surface area contributed by atoms with E-state index >= 15 is 0 Å². The molecule has 64 valence electrons. The van der Waals surface area contributed by atoms with Crippen LogP contribution < -0.4 is 5.73 Å². The van der Waals surface area contributed by atoms with E-state index in [1.165, 1.54) is 29.9 Å². The molecule has 1 rings (SSSR count). The highest BCUT2D eigenvalue weighted by atomic mass is 32.2. The van der Waals surface area contributed by atoms with Crippen LogP contribution in [0.5, 0.6) is 0 Å². The first-order valence-electron chi connectivity index (χ1n) is 4.30. The molecule has 0 aromatic carbocycles. The Labute approximate surface area is 73.4 Å². The van der Waals surface area contributed by atoms with E-state index < -0.39 is 0 Å². The van der Waals surface area contributed by atoms with E-state index in [0.717, 1.165) is 18.9 Å². The third-order valence-corrected chi connectivity index (χ3v) is 3.42. The van der Waals surface area contributed by atoms with E-state index in [9.17, 15) is 0 Å². The van der Waals surface area contributed by atoms with Crippen LogP contribution >= 0.6 is 11.8 Å². The summed E-state index contributed by atoms with van der Waals surface area (Å²) in [5, 5.41) is 0. The minimum atomic E-state index is 0.761. The van der Waals surface area contributed by atoms with Crippen molar-refractivity contribution < 1.29 is 0 Å². The van der Waals surface area contributed by atoms with Crippen molar-refractivity contribution in [2.75, 3.05) is 18.1 Å². The Morgan fingerprint density at radius 2 is 2.45 bits per heavy atom. The zero-order valence-electron chi connectivity index (χ0n) is 7.01. The Morgan fingerprint density at radius 3 is 3.00 bits per heavy atom. The molecule has 1 aliphatic rings. The first-order valence-corrected chi connectivity index (χ1v) is 5.45. The standard InChI is InChI=1S/C9H17NS/c1-8(4-5-10)9-3-2-6-11-7-9/h9H,1-7,10H2. The summed E-state index contributed by atoms with van der Waals surface area (Å²) in [6, 6.07) is 0. The van der Waals surface area contributed by atoms with Gasteiger partial charge in [-0.25, -0.2) is 0 Å². The van der Waals surface area contributed by atoms with Gasteiger partial charge in [0.05, 0.1) is 0 Å². The molecule has 0 aliphatic carbocycles. The summed E-state index contributed by atoms with van der Waals surface area (Å²) in [6.07, 6.45) is 3.72. The monoisotopic (exact) mass is 171 g/mol. The van der Waals surface area contributed by atoms with Crippen LogP contribution in [0.3, 0.4) is 0 Å². The third kappa shape index (κ3) is 2.88. The third-order valence-electron chi connectivity index (χ3n) is 2.20. The van der Waals surface area contributed by atoms with Gasteiger partial charge in [-0.2, -0.15) is 11.8 Å². The van der Waals surface area contributed by atoms with Gasteiger partial charge in [0.1, 0.15) is 0 Å². The smallest absolute Gasteiger partial charge is 0.000187 e. The van der Waals surface area contributed by atoms with Gasteiger partial charge in [0.25, 0.3) is 0 Å². The van der Waals surface area contributed by atoms with Crippen LogP contribution in [0.15, 0.2) is 12.2 Å². The van der Waals surface area contributed by atoms with Crippen LogP contribution in [0.2, 0.25) is 0 Å². The summed E-state index contributed by atoms with van der Waals surface area (Å²) in [4.78, 5) is 0. The molecule has 0 spiro atoms. The average Bonchev–Trinajstić information content (AvgIpc) is 2.07. The molecule has 11 heavy (non-hydrogen) atoms. The summed E-state index contributed by atoms with van der Waals surface area (Å²) in [7, 11) is 0. The van der Waals surface area contributed by atoms with Gasteiger partial charge in [-0.1, -0.05) is 12.2 Å². The summed E-state index contributed by atoms with van der Waals surface area (Å²) in [6.45, 7) is 4.84. The molecular weight excluding hydrogens is 154 g/mol. The van der Waals surface area contributed by atoms with E-state index in [0.29, 0.717) is 0 Å². The molecule has 1 saturated heterocycles. The fourth-order valence-corrected chi connectivity index (χ4v) is 2.68. The van der Waals surface area contributed by atoms with Gasteiger partial charge in [0.2, 0.25) is 0 Å². The lowest BCUT2D eigenvalue weighted by molar-refractivity contribution is 0.580. The molecule has 2 N–H and O–H groups in total. The Bertz CT molecular complexity index is 128. The number of rotatable bonds is 3. The number of nitrogens with two attached hydrogens (primary N) is 1. The van der Waals surface area contributed by atoms with Crippen LogP contribution in [0.1, 0.15) is 19.3 Å². The molecule has 1 aliphatic heterocycles. The molecule has 1 fully saturated rings. The maximum absolute atomic E-state index is 5.47. The fourth-order valence-electron chi connectivity index (χ4n) is 1.45. The van der Waals surface area contributed by atoms with Crippen molar-refractivity contribution in [1.29, 1.82) is 0 Å². The second-order valence-electron chi connectivity index (χ2n) is 3.11. The van der Waals surface area contributed by atoms with Crippen molar-refractivity contribution in [3.05, 3.63) is 12.2 Å². The predicted molar refractivity (Wildman–Crippen MR) is 52.9 cm³/mol. The quantitative estimate of drug-likeness (QED) is 0.658. The molecule has 0 aromatic rings. The SMILES string of the molecule is C=C(CCN)C1CCCSC1. The molecule has 1 unspecified atom stereocenters. The van der Waals surface area contributed by atoms with Gasteiger partial charge < -0.3 is 5.73 Å². The van der Waals surface area contributed by atoms with Crippen LogP contribution in [-0.4, -0.2) is 18.1 Å². The number of hydrogen-bond acceptors (Lipinski definition) is 2.